The summed E-state index contributed by atoms with van der Waals surface area (Å²) < 4.78 is 10.4. The molecule has 0 aliphatic rings. The Kier molecular flexibility index (Phi) is 3.81. The lowest BCUT2D eigenvalue weighted by atomic mass is 10.3. The zero-order chi connectivity index (χ0) is 10.4. The predicted molar refractivity (Wildman–Crippen MR) is 53.3 cm³/mol. The molecule has 0 saturated heterocycles. The van der Waals surface area contributed by atoms with Crippen LogP contribution in [0, 0.1) is 11.3 Å². The molecular weight excluding hydrogens is 178 g/mol. The first kappa shape index (κ1) is 10.4. The van der Waals surface area contributed by atoms with E-state index < -0.39 is 0 Å². The highest BCUT2D eigenvalue weighted by atomic mass is 16.5. The van der Waals surface area contributed by atoms with Crippen LogP contribution in [0.2, 0.25) is 0 Å². The first-order valence-corrected chi connectivity index (χ1v) is 4.50. The molecule has 0 N–H and O–H groups in total. The zero-order valence-corrected chi connectivity index (χ0v) is 8.36. The highest BCUT2D eigenvalue weighted by Gasteiger charge is 2.05. The van der Waals surface area contributed by atoms with E-state index in [9.17, 15) is 0 Å². The Morgan fingerprint density at radius 2 is 1.86 bits per heavy atom. The smallest absolute Gasteiger partial charge is 0.184 e. The molecule has 1 aromatic rings. The third-order valence-corrected chi connectivity index (χ3v) is 1.85. The van der Waals surface area contributed by atoms with Gasteiger partial charge in [-0.1, -0.05) is 6.92 Å². The molecule has 0 aliphatic heterocycles. The van der Waals surface area contributed by atoms with E-state index in [0.717, 1.165) is 5.75 Å². The quantitative estimate of drug-likeness (QED) is 0.733. The van der Waals surface area contributed by atoms with E-state index in [2.05, 4.69) is 6.07 Å². The number of ether oxygens (including phenoxy) is 2. The lowest BCUT2D eigenvalue weighted by Crippen LogP contribution is -2.11. The van der Waals surface area contributed by atoms with Crippen molar-refractivity contribution in [2.45, 2.75) is 19.4 Å². The van der Waals surface area contributed by atoms with Gasteiger partial charge in [0.1, 0.15) is 17.6 Å². The van der Waals surface area contributed by atoms with E-state index in [1.165, 1.54) is 0 Å². The highest BCUT2D eigenvalue weighted by molar-refractivity contribution is 5.31. The Hall–Kier alpha value is -1.69. The van der Waals surface area contributed by atoms with Crippen LogP contribution in [0.5, 0.6) is 11.5 Å². The van der Waals surface area contributed by atoms with E-state index in [-0.39, 0.29) is 6.10 Å². The van der Waals surface area contributed by atoms with Crippen LogP contribution in [-0.4, -0.2) is 13.2 Å². The summed E-state index contributed by atoms with van der Waals surface area (Å²) in [5.41, 5.74) is 0. The Balaban J connectivity index is 2.64. The molecule has 0 fully saturated rings. The van der Waals surface area contributed by atoms with Crippen molar-refractivity contribution in [2.24, 2.45) is 0 Å². The summed E-state index contributed by atoms with van der Waals surface area (Å²) >= 11 is 0. The third-order valence-electron chi connectivity index (χ3n) is 1.85. The molecule has 0 radical (unpaired) electrons. The maximum Gasteiger partial charge on any atom is 0.184 e. The predicted octanol–water partition coefficient (Wildman–Crippen LogP) is 2.38. The fraction of sp³-hybridized carbons (Fsp3) is 0.364. The molecule has 3 nitrogen and oxygen atoms in total. The van der Waals surface area contributed by atoms with Crippen LogP contribution >= 0.6 is 0 Å². The number of benzene rings is 1. The zero-order valence-electron chi connectivity index (χ0n) is 8.36. The molecule has 0 amide bonds. The van der Waals surface area contributed by atoms with Crippen LogP contribution in [0.1, 0.15) is 13.3 Å². The normalized spacial score (nSPS) is 11.5. The average molecular weight is 191 g/mol. The van der Waals surface area contributed by atoms with Crippen LogP contribution in [0.3, 0.4) is 0 Å². The van der Waals surface area contributed by atoms with Crippen molar-refractivity contribution < 1.29 is 9.47 Å². The SMILES string of the molecule is CCC(C#N)Oc1ccc(OC)cc1. The lowest BCUT2D eigenvalue weighted by Gasteiger charge is -2.10. The van der Waals surface area contributed by atoms with Crippen LogP contribution in [-0.2, 0) is 0 Å². The summed E-state index contributed by atoms with van der Waals surface area (Å²) in [6.07, 6.45) is 0.311. The molecule has 0 aromatic heterocycles. The molecule has 0 aliphatic carbocycles. The molecule has 1 unspecified atom stereocenters. The Morgan fingerprint density at radius 3 is 2.29 bits per heavy atom. The number of nitriles is 1. The maximum atomic E-state index is 8.69. The second-order valence-corrected chi connectivity index (χ2v) is 2.82. The average Bonchev–Trinajstić information content (AvgIpc) is 2.26. The molecule has 1 aromatic carbocycles. The van der Waals surface area contributed by atoms with Gasteiger partial charge >= 0.3 is 0 Å². The summed E-state index contributed by atoms with van der Waals surface area (Å²) in [5, 5.41) is 8.69. The van der Waals surface area contributed by atoms with Gasteiger partial charge in [0.05, 0.1) is 7.11 Å². The molecule has 1 rings (SSSR count). The van der Waals surface area contributed by atoms with Gasteiger partial charge in [-0.25, -0.2) is 0 Å². The lowest BCUT2D eigenvalue weighted by molar-refractivity contribution is 0.251. The molecular formula is C11H13NO2. The minimum absolute atomic E-state index is 0.372. The summed E-state index contributed by atoms with van der Waals surface area (Å²) in [6.45, 7) is 1.91. The molecule has 0 spiro atoms. The van der Waals surface area contributed by atoms with Crippen molar-refractivity contribution in [1.29, 1.82) is 5.26 Å². The number of hydrogen-bond acceptors (Lipinski definition) is 3. The van der Waals surface area contributed by atoms with Gasteiger partial charge in [-0.05, 0) is 30.7 Å². The number of hydrogen-bond donors (Lipinski definition) is 0. The summed E-state index contributed by atoms with van der Waals surface area (Å²) in [7, 11) is 1.61. The monoisotopic (exact) mass is 191 g/mol. The molecule has 74 valence electrons. The van der Waals surface area contributed by atoms with Gasteiger partial charge < -0.3 is 9.47 Å². The van der Waals surface area contributed by atoms with Crippen molar-refractivity contribution in [1.82, 2.24) is 0 Å². The van der Waals surface area contributed by atoms with E-state index in [4.69, 9.17) is 14.7 Å². The fourth-order valence-corrected chi connectivity index (χ4v) is 1.02. The topological polar surface area (TPSA) is 42.2 Å². The number of methoxy groups -OCH3 is 1. The summed E-state index contributed by atoms with van der Waals surface area (Å²) in [4.78, 5) is 0. The van der Waals surface area contributed by atoms with Crippen molar-refractivity contribution in [3.63, 3.8) is 0 Å². The van der Waals surface area contributed by atoms with Gasteiger partial charge in [-0.3, -0.25) is 0 Å². The third kappa shape index (κ3) is 2.67. The Morgan fingerprint density at radius 1 is 1.29 bits per heavy atom. The van der Waals surface area contributed by atoms with E-state index in [1.54, 1.807) is 31.4 Å². The highest BCUT2D eigenvalue weighted by Crippen LogP contribution is 2.18. The van der Waals surface area contributed by atoms with Crippen LogP contribution in [0.25, 0.3) is 0 Å². The minimum atomic E-state index is -0.372. The fourth-order valence-electron chi connectivity index (χ4n) is 1.02. The maximum absolute atomic E-state index is 8.69. The van der Waals surface area contributed by atoms with E-state index in [1.807, 2.05) is 6.92 Å². The largest absolute Gasteiger partial charge is 0.497 e. The Bertz CT molecular complexity index is 313. The van der Waals surface area contributed by atoms with Crippen molar-refractivity contribution >= 4 is 0 Å². The molecule has 0 bridgehead atoms. The molecule has 1 atom stereocenters. The van der Waals surface area contributed by atoms with E-state index in [0.29, 0.717) is 12.2 Å². The molecule has 3 heteroatoms. The molecule has 0 saturated carbocycles. The number of rotatable bonds is 4. The first-order chi connectivity index (χ1) is 6.80. The van der Waals surface area contributed by atoms with Crippen LogP contribution in [0.15, 0.2) is 24.3 Å². The molecule has 0 heterocycles. The van der Waals surface area contributed by atoms with Gasteiger partial charge in [-0.15, -0.1) is 0 Å². The van der Waals surface area contributed by atoms with Gasteiger partial charge in [-0.2, -0.15) is 5.26 Å². The minimum Gasteiger partial charge on any atom is -0.497 e. The van der Waals surface area contributed by atoms with Crippen LogP contribution in [0.4, 0.5) is 0 Å². The molecule has 14 heavy (non-hydrogen) atoms. The standard InChI is InChI=1S/C11H13NO2/c1-3-9(8-12)14-11-6-4-10(13-2)5-7-11/h4-7,9H,3H2,1-2H3. The number of nitrogens with zero attached hydrogens (tertiary/aromatic N) is 1. The van der Waals surface area contributed by atoms with Gasteiger partial charge in [0.2, 0.25) is 0 Å². The van der Waals surface area contributed by atoms with Crippen molar-refractivity contribution in [2.75, 3.05) is 7.11 Å². The second kappa shape index (κ2) is 5.13. The van der Waals surface area contributed by atoms with Crippen LogP contribution < -0.4 is 9.47 Å². The van der Waals surface area contributed by atoms with Gasteiger partial charge in [0, 0.05) is 0 Å². The van der Waals surface area contributed by atoms with Crippen molar-refractivity contribution in [3.8, 4) is 17.6 Å². The van der Waals surface area contributed by atoms with Gasteiger partial charge in [0.25, 0.3) is 0 Å². The first-order valence-electron chi connectivity index (χ1n) is 4.50. The van der Waals surface area contributed by atoms with Crippen molar-refractivity contribution in [3.05, 3.63) is 24.3 Å². The van der Waals surface area contributed by atoms with E-state index >= 15 is 0 Å². The van der Waals surface area contributed by atoms with Gasteiger partial charge in [0.15, 0.2) is 6.10 Å². The summed E-state index contributed by atoms with van der Waals surface area (Å²) in [6, 6.07) is 9.27. The second-order valence-electron chi connectivity index (χ2n) is 2.82. The summed E-state index contributed by atoms with van der Waals surface area (Å²) in [5.74, 6) is 1.47. The Labute approximate surface area is 83.9 Å².